The molecule has 1 saturated heterocycles. The summed E-state index contributed by atoms with van der Waals surface area (Å²) in [5, 5.41) is 19.2. The number of aromatic nitrogens is 2. The number of aliphatic hydroxyl groups excluding tert-OH is 1. The van der Waals surface area contributed by atoms with Crippen LogP contribution in [0.25, 0.3) is 5.76 Å². The number of carbonyl (C=O) groups excluding carboxylic acids is 2. The van der Waals surface area contributed by atoms with Gasteiger partial charge in [0.25, 0.3) is 5.78 Å². The summed E-state index contributed by atoms with van der Waals surface area (Å²) in [4.78, 5) is 26.8. The zero-order valence-corrected chi connectivity index (χ0v) is 16.7. The topological polar surface area (TPSA) is 83.4 Å². The van der Waals surface area contributed by atoms with Gasteiger partial charge in [-0.3, -0.25) is 14.5 Å². The molecular weight excluding hydrogens is 440 g/mol. The number of hydrogen-bond acceptors (Lipinski definition) is 6. The number of carbonyl (C=O) groups is 2. The molecule has 0 spiro atoms. The van der Waals surface area contributed by atoms with Gasteiger partial charge >= 0.3 is 5.91 Å². The Bertz CT molecular complexity index is 1150. The molecule has 146 valence electrons. The van der Waals surface area contributed by atoms with Gasteiger partial charge in [0.2, 0.25) is 5.13 Å². The second-order valence-electron chi connectivity index (χ2n) is 6.06. The Morgan fingerprint density at radius 1 is 1.14 bits per heavy atom. The smallest absolute Gasteiger partial charge is 0.301 e. The molecule has 1 fully saturated rings. The lowest BCUT2D eigenvalue weighted by atomic mass is 9.95. The molecule has 0 saturated carbocycles. The fourth-order valence-electron chi connectivity index (χ4n) is 3.08. The number of halogens is 3. The van der Waals surface area contributed by atoms with E-state index in [1.807, 2.05) is 0 Å². The molecule has 1 unspecified atom stereocenters. The van der Waals surface area contributed by atoms with Gasteiger partial charge in [0.05, 0.1) is 11.6 Å². The molecule has 1 aliphatic rings. The van der Waals surface area contributed by atoms with Crippen molar-refractivity contribution in [3.8, 4) is 0 Å². The van der Waals surface area contributed by atoms with E-state index in [-0.39, 0.29) is 21.3 Å². The SMILES string of the molecule is O=C1C(=O)N(c2nncs2)C(c2ccc(Cl)cc2Cl)C1=C(O)c1ccc(F)cc1. The van der Waals surface area contributed by atoms with E-state index < -0.39 is 29.3 Å². The van der Waals surface area contributed by atoms with E-state index in [0.29, 0.717) is 10.6 Å². The van der Waals surface area contributed by atoms with Crippen LogP contribution >= 0.6 is 34.5 Å². The standard InChI is InChI=1S/C19H10Cl2FN3O3S/c20-10-3-6-12(13(21)7-10)15-14(16(26)9-1-4-11(22)5-2-9)17(27)18(28)25(15)19-24-23-8-29-19/h1-8,15,26H. The Labute approximate surface area is 177 Å². The largest absolute Gasteiger partial charge is 0.507 e. The van der Waals surface area contributed by atoms with Crippen LogP contribution in [0.1, 0.15) is 17.2 Å². The number of rotatable bonds is 3. The Morgan fingerprint density at radius 3 is 2.48 bits per heavy atom. The zero-order valence-electron chi connectivity index (χ0n) is 14.3. The Morgan fingerprint density at radius 2 is 1.86 bits per heavy atom. The molecule has 1 atom stereocenters. The maximum Gasteiger partial charge on any atom is 0.301 e. The lowest BCUT2D eigenvalue weighted by Crippen LogP contribution is -2.29. The Balaban J connectivity index is 1.97. The molecule has 1 aromatic heterocycles. The molecule has 6 nitrogen and oxygen atoms in total. The molecule has 3 aromatic rings. The molecule has 0 radical (unpaired) electrons. The van der Waals surface area contributed by atoms with Crippen LogP contribution in [0.15, 0.2) is 53.5 Å². The van der Waals surface area contributed by atoms with Crippen LogP contribution < -0.4 is 4.90 Å². The molecular formula is C19H10Cl2FN3O3S. The highest BCUT2D eigenvalue weighted by Gasteiger charge is 2.48. The minimum Gasteiger partial charge on any atom is -0.507 e. The van der Waals surface area contributed by atoms with Crippen LogP contribution in [0.3, 0.4) is 0 Å². The minimum absolute atomic E-state index is 0.168. The molecule has 2 aromatic carbocycles. The highest BCUT2D eigenvalue weighted by Crippen LogP contribution is 2.44. The molecule has 0 aliphatic carbocycles. The summed E-state index contributed by atoms with van der Waals surface area (Å²) < 4.78 is 13.3. The molecule has 10 heteroatoms. The van der Waals surface area contributed by atoms with Gasteiger partial charge in [-0.15, -0.1) is 10.2 Å². The summed E-state index contributed by atoms with van der Waals surface area (Å²) in [5.74, 6) is -2.76. The summed E-state index contributed by atoms with van der Waals surface area (Å²) in [6.45, 7) is 0. The molecule has 1 N–H and O–H groups in total. The van der Waals surface area contributed by atoms with Crippen molar-refractivity contribution in [3.63, 3.8) is 0 Å². The van der Waals surface area contributed by atoms with E-state index >= 15 is 0 Å². The number of Topliss-reactive ketones (excluding diaryl/α,β-unsaturated/α-hetero) is 1. The van der Waals surface area contributed by atoms with Gasteiger partial charge in [0.1, 0.15) is 17.1 Å². The van der Waals surface area contributed by atoms with Crippen molar-refractivity contribution >= 4 is 57.1 Å². The van der Waals surface area contributed by atoms with Crippen LogP contribution in [-0.2, 0) is 9.59 Å². The van der Waals surface area contributed by atoms with E-state index in [2.05, 4.69) is 10.2 Å². The predicted octanol–water partition coefficient (Wildman–Crippen LogP) is 4.61. The van der Waals surface area contributed by atoms with Crippen molar-refractivity contribution in [2.45, 2.75) is 6.04 Å². The third-order valence-corrected chi connectivity index (χ3v) is 5.63. The lowest BCUT2D eigenvalue weighted by molar-refractivity contribution is -0.132. The number of aliphatic hydroxyl groups is 1. The molecule has 1 aliphatic heterocycles. The summed E-state index contributed by atoms with van der Waals surface area (Å²) in [6.07, 6.45) is 0. The van der Waals surface area contributed by atoms with E-state index in [1.54, 1.807) is 12.1 Å². The van der Waals surface area contributed by atoms with Crippen molar-refractivity contribution in [1.82, 2.24) is 10.2 Å². The minimum atomic E-state index is -1.06. The molecule has 1 amide bonds. The van der Waals surface area contributed by atoms with Gasteiger partial charge < -0.3 is 5.11 Å². The van der Waals surface area contributed by atoms with Crippen LogP contribution in [0, 0.1) is 5.82 Å². The van der Waals surface area contributed by atoms with Crippen molar-refractivity contribution in [3.05, 3.63) is 80.5 Å². The maximum absolute atomic E-state index is 13.3. The fraction of sp³-hybridized carbons (Fsp3) is 0.0526. The highest BCUT2D eigenvalue weighted by molar-refractivity contribution is 7.13. The van der Waals surface area contributed by atoms with Crippen LogP contribution in [0.4, 0.5) is 9.52 Å². The van der Waals surface area contributed by atoms with Gasteiger partial charge in [0, 0.05) is 15.6 Å². The average molecular weight is 450 g/mol. The van der Waals surface area contributed by atoms with Crippen molar-refractivity contribution in [1.29, 1.82) is 0 Å². The van der Waals surface area contributed by atoms with E-state index in [9.17, 15) is 19.1 Å². The van der Waals surface area contributed by atoms with Crippen molar-refractivity contribution < 1.29 is 19.1 Å². The van der Waals surface area contributed by atoms with Crippen molar-refractivity contribution in [2.24, 2.45) is 0 Å². The number of nitrogens with zero attached hydrogens (tertiary/aromatic N) is 3. The fourth-order valence-corrected chi connectivity index (χ4v) is 4.18. The number of benzene rings is 2. The molecule has 0 bridgehead atoms. The number of hydrogen-bond donors (Lipinski definition) is 1. The van der Waals surface area contributed by atoms with Crippen LogP contribution in [0.2, 0.25) is 10.0 Å². The van der Waals surface area contributed by atoms with E-state index in [0.717, 1.165) is 28.4 Å². The zero-order chi connectivity index (χ0) is 20.7. The number of ketones is 1. The Kier molecular flexibility index (Phi) is 5.08. The second-order valence-corrected chi connectivity index (χ2v) is 7.72. The van der Waals surface area contributed by atoms with Gasteiger partial charge in [0.15, 0.2) is 0 Å². The first-order valence-corrected chi connectivity index (χ1v) is 9.80. The van der Waals surface area contributed by atoms with Gasteiger partial charge in [-0.05, 0) is 42.0 Å². The average Bonchev–Trinajstić information content (AvgIpc) is 3.29. The molecule has 2 heterocycles. The van der Waals surface area contributed by atoms with Crippen molar-refractivity contribution in [2.75, 3.05) is 4.90 Å². The summed E-state index contributed by atoms with van der Waals surface area (Å²) in [5.41, 5.74) is 1.77. The second kappa shape index (κ2) is 7.55. The Hall–Kier alpha value is -2.81. The molecule has 29 heavy (non-hydrogen) atoms. The summed E-state index contributed by atoms with van der Waals surface area (Å²) >= 11 is 13.4. The third-order valence-electron chi connectivity index (χ3n) is 4.37. The maximum atomic E-state index is 13.3. The van der Waals surface area contributed by atoms with Gasteiger partial charge in [-0.1, -0.05) is 40.6 Å². The monoisotopic (exact) mass is 449 g/mol. The lowest BCUT2D eigenvalue weighted by Gasteiger charge is -2.23. The molecule has 4 rings (SSSR count). The normalized spacial score (nSPS) is 18.4. The quantitative estimate of drug-likeness (QED) is 0.358. The first-order valence-electron chi connectivity index (χ1n) is 8.16. The number of anilines is 1. The summed E-state index contributed by atoms with van der Waals surface area (Å²) in [6, 6.07) is 8.43. The van der Waals surface area contributed by atoms with Gasteiger partial charge in [-0.25, -0.2) is 4.39 Å². The number of amides is 1. The van der Waals surface area contributed by atoms with E-state index in [1.165, 1.54) is 23.7 Å². The third kappa shape index (κ3) is 3.39. The first-order chi connectivity index (χ1) is 13.9. The van der Waals surface area contributed by atoms with Gasteiger partial charge in [-0.2, -0.15) is 0 Å². The summed E-state index contributed by atoms with van der Waals surface area (Å²) in [7, 11) is 0. The predicted molar refractivity (Wildman–Crippen MR) is 108 cm³/mol. The highest BCUT2D eigenvalue weighted by atomic mass is 35.5. The van der Waals surface area contributed by atoms with E-state index in [4.69, 9.17) is 23.2 Å². The van der Waals surface area contributed by atoms with Crippen LogP contribution in [0.5, 0.6) is 0 Å². The first kappa shape index (κ1) is 19.5. The van der Waals surface area contributed by atoms with Crippen LogP contribution in [-0.4, -0.2) is 27.0 Å².